The Labute approximate surface area is 217 Å². The van der Waals surface area contributed by atoms with Crippen LogP contribution in [0.15, 0.2) is 21.5 Å². The molecule has 0 radical (unpaired) electrons. The Kier molecular flexibility index (Phi) is 11.0. The van der Waals surface area contributed by atoms with E-state index in [1.807, 2.05) is 34.6 Å². The minimum Gasteiger partial charge on any atom is -0.286 e. The fraction of sp³-hybridized carbons (Fsp3) is 0.667. The standard InChI is InChI=1S/C27H41BrFNO3S/c1-10-13-25(4,5)22(31)30(23(32)26(6,7)14-11-2)20-17-21(18(28)16-19(20)29)34-24(33)27(8,9)15-12-3/h16-17H,10-15H2,1-9H3. The van der Waals surface area contributed by atoms with Crippen molar-refractivity contribution in [2.24, 2.45) is 16.2 Å². The average Bonchev–Trinajstić information content (AvgIpc) is 2.70. The molecule has 34 heavy (non-hydrogen) atoms. The number of benzene rings is 1. The molecule has 0 N–H and O–H groups in total. The summed E-state index contributed by atoms with van der Waals surface area (Å²) < 4.78 is 15.8. The molecule has 0 aliphatic rings. The Balaban J connectivity index is 3.66. The zero-order valence-corrected chi connectivity index (χ0v) is 24.6. The highest BCUT2D eigenvalue weighted by molar-refractivity contribution is 9.10. The molecule has 0 bridgehead atoms. The van der Waals surface area contributed by atoms with Gasteiger partial charge in [0.1, 0.15) is 5.82 Å². The highest BCUT2D eigenvalue weighted by Gasteiger charge is 2.42. The Hall–Kier alpha value is -1.21. The number of anilines is 1. The van der Waals surface area contributed by atoms with Crippen LogP contribution in [0.4, 0.5) is 10.1 Å². The van der Waals surface area contributed by atoms with E-state index in [-0.39, 0.29) is 10.8 Å². The molecule has 2 amide bonds. The molecule has 7 heteroatoms. The summed E-state index contributed by atoms with van der Waals surface area (Å²) >= 11 is 4.38. The van der Waals surface area contributed by atoms with E-state index < -0.39 is 33.9 Å². The molecule has 1 rings (SSSR count). The highest BCUT2D eigenvalue weighted by Crippen LogP contribution is 2.41. The molecular weight excluding hydrogens is 517 g/mol. The van der Waals surface area contributed by atoms with E-state index in [0.29, 0.717) is 22.2 Å². The summed E-state index contributed by atoms with van der Waals surface area (Å²) in [5, 5.41) is -0.0468. The second-order valence-corrected chi connectivity index (χ2v) is 12.8. The Morgan fingerprint density at radius 1 is 0.824 bits per heavy atom. The zero-order valence-electron chi connectivity index (χ0n) is 22.2. The summed E-state index contributed by atoms with van der Waals surface area (Å²) in [7, 11) is 0. The van der Waals surface area contributed by atoms with Crippen molar-refractivity contribution in [2.45, 2.75) is 106 Å². The third-order valence-corrected chi connectivity index (χ3v) is 8.40. The number of nitrogens with zero attached hydrogens (tertiary/aromatic N) is 1. The predicted octanol–water partition coefficient (Wildman–Crippen LogP) is 8.55. The van der Waals surface area contributed by atoms with Gasteiger partial charge in [0, 0.05) is 25.6 Å². The lowest BCUT2D eigenvalue weighted by molar-refractivity contribution is -0.136. The molecule has 0 aliphatic carbocycles. The second kappa shape index (κ2) is 12.2. The molecule has 0 saturated carbocycles. The van der Waals surface area contributed by atoms with Gasteiger partial charge in [0.2, 0.25) is 11.8 Å². The van der Waals surface area contributed by atoms with Gasteiger partial charge in [0.25, 0.3) is 0 Å². The van der Waals surface area contributed by atoms with Crippen molar-refractivity contribution in [3.8, 4) is 0 Å². The number of hydrogen-bond donors (Lipinski definition) is 0. The van der Waals surface area contributed by atoms with Crippen LogP contribution in [0.1, 0.15) is 101 Å². The predicted molar refractivity (Wildman–Crippen MR) is 144 cm³/mol. The van der Waals surface area contributed by atoms with Crippen molar-refractivity contribution in [2.75, 3.05) is 4.90 Å². The lowest BCUT2D eigenvalue weighted by atomic mass is 9.82. The summed E-state index contributed by atoms with van der Waals surface area (Å²) in [6.07, 6.45) is 4.23. The molecule has 1 aromatic rings. The molecule has 4 nitrogen and oxygen atoms in total. The third kappa shape index (κ3) is 7.39. The van der Waals surface area contributed by atoms with Crippen molar-refractivity contribution < 1.29 is 18.8 Å². The molecule has 0 spiro atoms. The van der Waals surface area contributed by atoms with Gasteiger partial charge in [-0.2, -0.15) is 0 Å². The second-order valence-electron chi connectivity index (χ2n) is 11.0. The number of carbonyl (C=O) groups is 3. The molecule has 0 aliphatic heterocycles. The van der Waals surface area contributed by atoms with Crippen LogP contribution in [0.2, 0.25) is 0 Å². The van der Waals surface area contributed by atoms with Crippen LogP contribution in [-0.4, -0.2) is 16.9 Å². The number of amides is 2. The Morgan fingerprint density at radius 2 is 1.24 bits per heavy atom. The molecule has 0 heterocycles. The summed E-state index contributed by atoms with van der Waals surface area (Å²) in [4.78, 5) is 41.9. The van der Waals surface area contributed by atoms with Gasteiger partial charge in [-0.05, 0) is 47.3 Å². The van der Waals surface area contributed by atoms with E-state index in [1.165, 1.54) is 12.1 Å². The van der Waals surface area contributed by atoms with Crippen LogP contribution < -0.4 is 4.90 Å². The summed E-state index contributed by atoms with van der Waals surface area (Å²) in [5.74, 6) is -1.55. The average molecular weight is 559 g/mol. The molecule has 0 atom stereocenters. The van der Waals surface area contributed by atoms with Crippen LogP contribution in [0.5, 0.6) is 0 Å². The maximum atomic E-state index is 15.4. The molecule has 0 fully saturated rings. The molecule has 0 aromatic heterocycles. The summed E-state index contributed by atoms with van der Waals surface area (Å²) in [6, 6.07) is 2.70. The van der Waals surface area contributed by atoms with E-state index in [1.54, 1.807) is 27.7 Å². The van der Waals surface area contributed by atoms with Gasteiger partial charge in [-0.1, -0.05) is 93.3 Å². The fourth-order valence-corrected chi connectivity index (χ4v) is 5.58. The van der Waals surface area contributed by atoms with Crippen LogP contribution in [0, 0.1) is 22.1 Å². The van der Waals surface area contributed by atoms with Crippen LogP contribution in [-0.2, 0) is 14.4 Å². The van der Waals surface area contributed by atoms with E-state index in [2.05, 4.69) is 15.9 Å². The van der Waals surface area contributed by atoms with Crippen molar-refractivity contribution in [3.05, 3.63) is 22.4 Å². The quantitative estimate of drug-likeness (QED) is 0.256. The van der Waals surface area contributed by atoms with Crippen LogP contribution >= 0.6 is 27.7 Å². The lowest BCUT2D eigenvalue weighted by Gasteiger charge is -2.36. The molecule has 1 aromatic carbocycles. The van der Waals surface area contributed by atoms with E-state index in [9.17, 15) is 14.4 Å². The molecular formula is C27H41BrFNO3S. The van der Waals surface area contributed by atoms with Crippen molar-refractivity contribution in [3.63, 3.8) is 0 Å². The normalized spacial score (nSPS) is 12.6. The van der Waals surface area contributed by atoms with Crippen molar-refractivity contribution in [1.29, 1.82) is 0 Å². The van der Waals surface area contributed by atoms with Gasteiger partial charge < -0.3 is 0 Å². The highest BCUT2D eigenvalue weighted by atomic mass is 79.9. The van der Waals surface area contributed by atoms with Gasteiger partial charge in [0.15, 0.2) is 5.12 Å². The first kappa shape index (κ1) is 30.8. The van der Waals surface area contributed by atoms with Gasteiger partial charge in [-0.3, -0.25) is 14.4 Å². The zero-order chi connectivity index (χ0) is 26.5. The third-order valence-electron chi connectivity index (χ3n) is 6.19. The maximum absolute atomic E-state index is 15.4. The fourth-order valence-electron chi connectivity index (χ4n) is 4.11. The maximum Gasteiger partial charge on any atom is 0.239 e. The summed E-state index contributed by atoms with van der Waals surface area (Å²) in [5.41, 5.74) is -2.35. The monoisotopic (exact) mass is 557 g/mol. The summed E-state index contributed by atoms with van der Waals surface area (Å²) in [6.45, 7) is 16.9. The molecule has 0 unspecified atom stereocenters. The Morgan fingerprint density at radius 3 is 1.65 bits per heavy atom. The van der Waals surface area contributed by atoms with Gasteiger partial charge in [-0.15, -0.1) is 0 Å². The SMILES string of the molecule is CCCC(C)(C)C(=O)Sc1cc(N(C(=O)C(C)(C)CCC)C(=O)C(C)(C)CCC)c(F)cc1Br. The van der Waals surface area contributed by atoms with Crippen LogP contribution in [0.3, 0.4) is 0 Å². The van der Waals surface area contributed by atoms with Crippen molar-refractivity contribution >= 4 is 50.3 Å². The van der Waals surface area contributed by atoms with E-state index in [0.717, 1.165) is 42.3 Å². The molecule has 0 saturated heterocycles. The van der Waals surface area contributed by atoms with Crippen molar-refractivity contribution in [1.82, 2.24) is 0 Å². The number of imide groups is 1. The smallest absolute Gasteiger partial charge is 0.239 e. The number of halogens is 2. The first-order valence-electron chi connectivity index (χ1n) is 12.2. The van der Waals surface area contributed by atoms with E-state index in [4.69, 9.17) is 0 Å². The van der Waals surface area contributed by atoms with Gasteiger partial charge >= 0.3 is 0 Å². The largest absolute Gasteiger partial charge is 0.286 e. The number of carbonyl (C=O) groups excluding carboxylic acids is 3. The van der Waals surface area contributed by atoms with E-state index >= 15 is 4.39 Å². The Bertz CT molecular complexity index is 881. The van der Waals surface area contributed by atoms with Gasteiger partial charge in [0.05, 0.1) is 5.69 Å². The first-order chi connectivity index (χ1) is 15.6. The van der Waals surface area contributed by atoms with Gasteiger partial charge in [-0.25, -0.2) is 9.29 Å². The minimum absolute atomic E-state index is 0.0468. The first-order valence-corrected chi connectivity index (χ1v) is 13.8. The number of hydrogen-bond acceptors (Lipinski definition) is 4. The number of rotatable bonds is 11. The topological polar surface area (TPSA) is 54.5 Å². The lowest BCUT2D eigenvalue weighted by Crippen LogP contribution is -2.50. The molecule has 192 valence electrons. The minimum atomic E-state index is -0.849. The number of thioether (sulfide) groups is 1. The van der Waals surface area contributed by atoms with Crippen LogP contribution in [0.25, 0.3) is 0 Å².